The zero-order valence-corrected chi connectivity index (χ0v) is 14.8. The molecule has 0 aliphatic carbocycles. The van der Waals surface area contributed by atoms with Gasteiger partial charge in [0.05, 0.1) is 17.3 Å². The highest BCUT2D eigenvalue weighted by atomic mass is 35.5. The summed E-state index contributed by atoms with van der Waals surface area (Å²) in [5, 5.41) is 7.69. The molecular formula is C14H21ClN4O3S. The smallest absolute Gasteiger partial charge is 0.258 e. The Morgan fingerprint density at radius 3 is 2.96 bits per heavy atom. The highest BCUT2D eigenvalue weighted by Crippen LogP contribution is 2.26. The maximum absolute atomic E-state index is 12.8. The van der Waals surface area contributed by atoms with E-state index in [0.29, 0.717) is 36.5 Å². The molecule has 0 radical (unpaired) electrons. The van der Waals surface area contributed by atoms with E-state index in [9.17, 15) is 8.42 Å². The summed E-state index contributed by atoms with van der Waals surface area (Å²) < 4.78 is 32.2. The molecule has 0 saturated carbocycles. The van der Waals surface area contributed by atoms with Crippen molar-refractivity contribution in [3.8, 4) is 0 Å². The van der Waals surface area contributed by atoms with Gasteiger partial charge in [-0.1, -0.05) is 12.1 Å². The van der Waals surface area contributed by atoms with E-state index >= 15 is 0 Å². The highest BCUT2D eigenvalue weighted by Gasteiger charge is 2.32. The zero-order valence-electron chi connectivity index (χ0n) is 13.2. The molecule has 7 nitrogen and oxygen atoms in total. The molecule has 1 aliphatic rings. The van der Waals surface area contributed by atoms with E-state index in [1.54, 1.807) is 6.07 Å². The Bertz CT molecular complexity index is 777. The first-order chi connectivity index (χ1) is 10.6. The van der Waals surface area contributed by atoms with Crippen LogP contribution in [0.3, 0.4) is 0 Å². The van der Waals surface area contributed by atoms with Crippen LogP contribution in [-0.2, 0) is 16.4 Å². The molecule has 9 heteroatoms. The third-order valence-electron chi connectivity index (χ3n) is 4.09. The van der Waals surface area contributed by atoms with Crippen molar-refractivity contribution in [2.45, 2.75) is 24.7 Å². The number of hydrogen-bond donors (Lipinski definition) is 1. The highest BCUT2D eigenvalue weighted by molar-refractivity contribution is 7.89. The van der Waals surface area contributed by atoms with Gasteiger partial charge in [-0.05, 0) is 38.4 Å². The summed E-state index contributed by atoms with van der Waals surface area (Å²) in [5.74, 6) is 0.360. The zero-order chi connectivity index (χ0) is 15.7. The average Bonchev–Trinajstić information content (AvgIpc) is 3.13. The number of pyridine rings is 1. The number of nitrogens with one attached hydrogen (secondary N) is 1. The normalized spacial score (nSPS) is 19.1. The van der Waals surface area contributed by atoms with Crippen molar-refractivity contribution in [1.82, 2.24) is 19.8 Å². The van der Waals surface area contributed by atoms with Gasteiger partial charge in [-0.25, -0.2) is 13.4 Å². The number of halogens is 1. The fourth-order valence-electron chi connectivity index (χ4n) is 2.88. The Hall–Kier alpha value is -1.22. The van der Waals surface area contributed by atoms with Gasteiger partial charge in [-0.15, -0.1) is 12.4 Å². The van der Waals surface area contributed by atoms with Crippen molar-refractivity contribution < 1.29 is 12.9 Å². The third kappa shape index (κ3) is 3.35. The minimum atomic E-state index is -3.51. The Labute approximate surface area is 141 Å². The van der Waals surface area contributed by atoms with Crippen LogP contribution in [0.4, 0.5) is 0 Å². The molecule has 23 heavy (non-hydrogen) atoms. The van der Waals surface area contributed by atoms with Crippen molar-refractivity contribution in [3.05, 3.63) is 18.0 Å². The molecule has 0 amide bonds. The summed E-state index contributed by atoms with van der Waals surface area (Å²) in [4.78, 5) is 4.31. The monoisotopic (exact) mass is 360 g/mol. The summed E-state index contributed by atoms with van der Waals surface area (Å²) in [5.41, 5.74) is 1.11. The maximum atomic E-state index is 12.8. The second-order valence-corrected chi connectivity index (χ2v) is 7.52. The van der Waals surface area contributed by atoms with Gasteiger partial charge < -0.3 is 9.84 Å². The van der Waals surface area contributed by atoms with E-state index in [4.69, 9.17) is 4.52 Å². The van der Waals surface area contributed by atoms with Gasteiger partial charge in [0.1, 0.15) is 4.90 Å². The van der Waals surface area contributed by atoms with Gasteiger partial charge >= 0.3 is 0 Å². The molecule has 3 heterocycles. The largest absolute Gasteiger partial charge is 0.336 e. The quantitative estimate of drug-likeness (QED) is 0.867. The van der Waals surface area contributed by atoms with Crippen LogP contribution in [0.1, 0.15) is 19.0 Å². The van der Waals surface area contributed by atoms with Crippen molar-refractivity contribution >= 4 is 33.5 Å². The standard InChI is InChI=1S/C14H20N4O3S.ClH/c1-3-13-12-6-11(8-16-14(12)21-17-13)22(19,20)18-5-4-10(9-18)7-15-2;/h6,8,10,15H,3-5,7,9H2,1-2H3;1H. The van der Waals surface area contributed by atoms with Crippen LogP contribution in [0.15, 0.2) is 21.7 Å². The minimum Gasteiger partial charge on any atom is -0.336 e. The molecule has 1 saturated heterocycles. The molecule has 3 rings (SSSR count). The molecule has 1 fully saturated rings. The lowest BCUT2D eigenvalue weighted by molar-refractivity contribution is 0.439. The number of aromatic nitrogens is 2. The van der Waals surface area contributed by atoms with Gasteiger partial charge in [-0.3, -0.25) is 0 Å². The van der Waals surface area contributed by atoms with Crippen molar-refractivity contribution in [2.75, 3.05) is 26.7 Å². The molecular weight excluding hydrogens is 340 g/mol. The molecule has 0 bridgehead atoms. The first-order valence-corrected chi connectivity index (χ1v) is 8.89. The van der Waals surface area contributed by atoms with Gasteiger partial charge in [0.25, 0.3) is 5.71 Å². The van der Waals surface area contributed by atoms with E-state index < -0.39 is 10.0 Å². The first kappa shape index (κ1) is 18.1. The molecule has 1 atom stereocenters. The van der Waals surface area contributed by atoms with Gasteiger partial charge in [-0.2, -0.15) is 4.31 Å². The number of aryl methyl sites for hydroxylation is 1. The van der Waals surface area contributed by atoms with Crippen molar-refractivity contribution in [3.63, 3.8) is 0 Å². The number of hydrogen-bond acceptors (Lipinski definition) is 6. The number of fused-ring (bicyclic) bond motifs is 1. The minimum absolute atomic E-state index is 0. The molecule has 0 spiro atoms. The summed E-state index contributed by atoms with van der Waals surface area (Å²) >= 11 is 0. The number of nitrogens with zero attached hydrogens (tertiary/aromatic N) is 3. The summed E-state index contributed by atoms with van der Waals surface area (Å²) in [7, 11) is -1.63. The second-order valence-electron chi connectivity index (χ2n) is 5.58. The van der Waals surface area contributed by atoms with Crippen LogP contribution in [0.25, 0.3) is 11.1 Å². The second kappa shape index (κ2) is 7.12. The predicted molar refractivity (Wildman–Crippen MR) is 89.2 cm³/mol. The Balaban J connectivity index is 0.00000192. The first-order valence-electron chi connectivity index (χ1n) is 7.45. The lowest BCUT2D eigenvalue weighted by atomic mass is 10.1. The predicted octanol–water partition coefficient (Wildman–Crippen LogP) is 1.44. The van der Waals surface area contributed by atoms with E-state index in [2.05, 4.69) is 15.5 Å². The van der Waals surface area contributed by atoms with Crippen molar-refractivity contribution in [1.29, 1.82) is 0 Å². The summed E-state index contributed by atoms with van der Waals surface area (Å²) in [6.45, 7) is 3.87. The molecule has 2 aromatic rings. The fraction of sp³-hybridized carbons (Fsp3) is 0.571. The van der Waals surface area contributed by atoms with Gasteiger partial charge in [0.2, 0.25) is 10.0 Å². The van der Waals surface area contributed by atoms with E-state index in [-0.39, 0.29) is 17.3 Å². The Morgan fingerprint density at radius 2 is 2.26 bits per heavy atom. The third-order valence-corrected chi connectivity index (χ3v) is 5.92. The molecule has 2 aromatic heterocycles. The topological polar surface area (TPSA) is 88.3 Å². The summed E-state index contributed by atoms with van der Waals surface area (Å²) in [6, 6.07) is 1.62. The fourth-order valence-corrected chi connectivity index (χ4v) is 4.38. The van der Waals surface area contributed by atoms with Gasteiger partial charge in [0.15, 0.2) is 0 Å². The average molecular weight is 361 g/mol. The maximum Gasteiger partial charge on any atom is 0.258 e. The molecule has 128 valence electrons. The van der Waals surface area contributed by atoms with Crippen LogP contribution in [0, 0.1) is 5.92 Å². The molecule has 1 N–H and O–H groups in total. The molecule has 0 aromatic carbocycles. The number of sulfonamides is 1. The van der Waals surface area contributed by atoms with Crippen molar-refractivity contribution in [2.24, 2.45) is 5.92 Å². The van der Waals surface area contributed by atoms with Crippen LogP contribution in [0.5, 0.6) is 0 Å². The van der Waals surface area contributed by atoms with E-state index in [1.165, 1.54) is 10.5 Å². The lowest BCUT2D eigenvalue weighted by Crippen LogP contribution is -2.30. The molecule has 1 aliphatic heterocycles. The number of rotatable bonds is 5. The molecule has 1 unspecified atom stereocenters. The lowest BCUT2D eigenvalue weighted by Gasteiger charge is -2.16. The van der Waals surface area contributed by atoms with Crippen LogP contribution >= 0.6 is 12.4 Å². The van der Waals surface area contributed by atoms with E-state index in [0.717, 1.165) is 18.7 Å². The van der Waals surface area contributed by atoms with Gasteiger partial charge in [0, 0.05) is 13.1 Å². The van der Waals surface area contributed by atoms with Crippen LogP contribution < -0.4 is 5.32 Å². The van der Waals surface area contributed by atoms with E-state index in [1.807, 2.05) is 14.0 Å². The Morgan fingerprint density at radius 1 is 1.48 bits per heavy atom. The Kier molecular flexibility index (Phi) is 5.61. The van der Waals surface area contributed by atoms with Crippen LogP contribution in [0.2, 0.25) is 0 Å². The SMILES string of the molecule is CCc1noc2ncc(S(=O)(=O)N3CCC(CNC)C3)cc12.Cl. The van der Waals surface area contributed by atoms with Crippen LogP contribution in [-0.4, -0.2) is 49.5 Å². The summed E-state index contributed by atoms with van der Waals surface area (Å²) in [6.07, 6.45) is 2.91.